The number of hydrogen-bond acceptors (Lipinski definition) is 3. The first-order chi connectivity index (χ1) is 10.7. The summed E-state index contributed by atoms with van der Waals surface area (Å²) in [4.78, 5) is 11.0. The number of ether oxygens (including phenoxy) is 2. The molecule has 1 unspecified atom stereocenters. The molecule has 0 radical (unpaired) electrons. The molecule has 1 N–H and O–H groups in total. The van der Waals surface area contributed by atoms with E-state index in [0.29, 0.717) is 18.1 Å². The van der Waals surface area contributed by atoms with Crippen molar-refractivity contribution in [2.75, 3.05) is 6.79 Å². The van der Waals surface area contributed by atoms with Crippen molar-refractivity contribution in [3.05, 3.63) is 41.5 Å². The van der Waals surface area contributed by atoms with Gasteiger partial charge in [-0.25, -0.2) is 4.79 Å². The lowest BCUT2D eigenvalue weighted by Crippen LogP contribution is -2.12. The fourth-order valence-corrected chi connectivity index (χ4v) is 3.25. The molecule has 2 aliphatic rings. The second-order valence-corrected chi connectivity index (χ2v) is 6.05. The zero-order chi connectivity index (χ0) is 15.4. The predicted octanol–water partition coefficient (Wildman–Crippen LogP) is 3.87. The molecule has 0 aliphatic heterocycles. The van der Waals surface area contributed by atoms with Gasteiger partial charge in [0, 0.05) is 11.5 Å². The highest BCUT2D eigenvalue weighted by molar-refractivity contribution is 5.87. The second kappa shape index (κ2) is 6.97. The molecule has 1 atom stereocenters. The Morgan fingerprint density at radius 3 is 2.77 bits per heavy atom. The van der Waals surface area contributed by atoms with Gasteiger partial charge in [0.15, 0.2) is 6.79 Å². The van der Waals surface area contributed by atoms with Crippen LogP contribution in [0.15, 0.2) is 35.9 Å². The molecule has 0 amide bonds. The van der Waals surface area contributed by atoms with Gasteiger partial charge >= 0.3 is 5.97 Å². The average Bonchev–Trinajstić information content (AvgIpc) is 3.19. The van der Waals surface area contributed by atoms with Gasteiger partial charge in [-0.3, -0.25) is 0 Å². The lowest BCUT2D eigenvalue weighted by atomic mass is 9.99. The van der Waals surface area contributed by atoms with E-state index in [0.717, 1.165) is 30.6 Å². The molecule has 118 valence electrons. The third kappa shape index (κ3) is 3.69. The minimum atomic E-state index is -0.806. The Morgan fingerprint density at radius 1 is 1.23 bits per heavy atom. The van der Waals surface area contributed by atoms with Gasteiger partial charge < -0.3 is 14.6 Å². The maximum atomic E-state index is 11.0. The van der Waals surface area contributed by atoms with Gasteiger partial charge in [-0.1, -0.05) is 31.1 Å². The molecule has 1 aromatic carbocycles. The van der Waals surface area contributed by atoms with Crippen LogP contribution in [0, 0.1) is 0 Å². The average molecular weight is 302 g/mol. The summed E-state index contributed by atoms with van der Waals surface area (Å²) in [7, 11) is 0. The van der Waals surface area contributed by atoms with E-state index in [4.69, 9.17) is 14.6 Å². The minimum absolute atomic E-state index is 0.172. The maximum absolute atomic E-state index is 11.0. The van der Waals surface area contributed by atoms with Crippen LogP contribution < -0.4 is 4.74 Å². The Balaban J connectivity index is 1.57. The molecule has 0 saturated heterocycles. The molecule has 22 heavy (non-hydrogen) atoms. The van der Waals surface area contributed by atoms with Crippen molar-refractivity contribution < 1.29 is 19.4 Å². The first kappa shape index (κ1) is 15.1. The number of carbonyl (C=O) groups is 1. The summed E-state index contributed by atoms with van der Waals surface area (Å²) in [5, 5.41) is 9.04. The molecule has 1 saturated carbocycles. The van der Waals surface area contributed by atoms with Crippen LogP contribution in [0.25, 0.3) is 0 Å². The van der Waals surface area contributed by atoms with Crippen LogP contribution in [-0.4, -0.2) is 24.0 Å². The van der Waals surface area contributed by atoms with Gasteiger partial charge in [-0.15, -0.1) is 0 Å². The van der Waals surface area contributed by atoms with Crippen LogP contribution in [0.2, 0.25) is 0 Å². The third-order valence-electron chi connectivity index (χ3n) is 4.52. The quantitative estimate of drug-likeness (QED) is 0.810. The fraction of sp³-hybridized carbons (Fsp3) is 0.500. The molecule has 1 aromatic rings. The highest BCUT2D eigenvalue weighted by atomic mass is 16.7. The summed E-state index contributed by atoms with van der Waals surface area (Å²) < 4.78 is 11.4. The van der Waals surface area contributed by atoms with Crippen molar-refractivity contribution in [2.24, 2.45) is 0 Å². The van der Waals surface area contributed by atoms with Gasteiger partial charge in [0.05, 0.1) is 6.10 Å². The third-order valence-corrected chi connectivity index (χ3v) is 4.52. The number of hydrogen-bond donors (Lipinski definition) is 1. The first-order valence-corrected chi connectivity index (χ1v) is 8.01. The molecule has 3 rings (SSSR count). The summed E-state index contributed by atoms with van der Waals surface area (Å²) >= 11 is 0. The van der Waals surface area contributed by atoms with Crippen LogP contribution in [0.3, 0.4) is 0 Å². The highest BCUT2D eigenvalue weighted by Crippen LogP contribution is 2.34. The van der Waals surface area contributed by atoms with Gasteiger partial charge in [-0.2, -0.15) is 0 Å². The zero-order valence-corrected chi connectivity index (χ0v) is 12.7. The topological polar surface area (TPSA) is 55.8 Å². The second-order valence-electron chi connectivity index (χ2n) is 6.05. The number of rotatable bonds is 6. The number of carboxylic acid groups (broad SMARTS) is 1. The minimum Gasteiger partial charge on any atom is -0.478 e. The van der Waals surface area contributed by atoms with Crippen molar-refractivity contribution in [2.45, 2.75) is 50.5 Å². The van der Waals surface area contributed by atoms with Crippen LogP contribution in [0.5, 0.6) is 5.75 Å². The van der Waals surface area contributed by atoms with E-state index in [2.05, 4.69) is 0 Å². The molecule has 4 heteroatoms. The van der Waals surface area contributed by atoms with Crippen molar-refractivity contribution in [1.29, 1.82) is 0 Å². The number of benzene rings is 1. The lowest BCUT2D eigenvalue weighted by Gasteiger charge is -2.14. The van der Waals surface area contributed by atoms with E-state index in [1.807, 2.05) is 30.3 Å². The normalized spacial score (nSPS) is 21.8. The van der Waals surface area contributed by atoms with Crippen molar-refractivity contribution >= 4 is 5.97 Å². The van der Waals surface area contributed by atoms with E-state index in [-0.39, 0.29) is 12.7 Å². The standard InChI is InChI=1S/C18H22O4/c19-18(20)15-9-8-14(10-15)13-4-3-7-17(11-13)22-12-21-16-5-1-2-6-16/h3-4,7,10-11,14,16H,1-2,5-6,8-9,12H2,(H,19,20). The Hall–Kier alpha value is -1.81. The Kier molecular flexibility index (Phi) is 4.78. The summed E-state index contributed by atoms with van der Waals surface area (Å²) in [6, 6.07) is 7.88. The Bertz CT molecular complexity index is 558. The van der Waals surface area contributed by atoms with Crippen LogP contribution >= 0.6 is 0 Å². The number of allylic oxidation sites excluding steroid dienone is 1. The zero-order valence-electron chi connectivity index (χ0n) is 12.7. The van der Waals surface area contributed by atoms with Crippen molar-refractivity contribution in [3.63, 3.8) is 0 Å². The molecule has 0 bridgehead atoms. The van der Waals surface area contributed by atoms with E-state index < -0.39 is 5.97 Å². The van der Waals surface area contributed by atoms with E-state index >= 15 is 0 Å². The maximum Gasteiger partial charge on any atom is 0.331 e. The molecule has 0 aromatic heterocycles. The first-order valence-electron chi connectivity index (χ1n) is 8.01. The van der Waals surface area contributed by atoms with Gasteiger partial charge in [0.2, 0.25) is 0 Å². The van der Waals surface area contributed by atoms with Gasteiger partial charge in [0.1, 0.15) is 5.75 Å². The summed E-state index contributed by atoms with van der Waals surface area (Å²) in [5.74, 6) is 0.151. The molecular weight excluding hydrogens is 280 g/mol. The molecule has 0 spiro atoms. The monoisotopic (exact) mass is 302 g/mol. The van der Waals surface area contributed by atoms with Crippen LogP contribution in [0.1, 0.15) is 50.0 Å². The predicted molar refractivity (Wildman–Crippen MR) is 83.0 cm³/mol. The molecule has 0 heterocycles. The van der Waals surface area contributed by atoms with Crippen molar-refractivity contribution in [3.8, 4) is 5.75 Å². The Morgan fingerprint density at radius 2 is 2.05 bits per heavy atom. The van der Waals surface area contributed by atoms with Crippen LogP contribution in [0.4, 0.5) is 0 Å². The highest BCUT2D eigenvalue weighted by Gasteiger charge is 2.21. The van der Waals surface area contributed by atoms with E-state index in [1.165, 1.54) is 12.8 Å². The number of carboxylic acids is 1. The van der Waals surface area contributed by atoms with Crippen LogP contribution in [-0.2, 0) is 9.53 Å². The smallest absolute Gasteiger partial charge is 0.331 e. The van der Waals surface area contributed by atoms with Gasteiger partial charge in [0.25, 0.3) is 0 Å². The SMILES string of the molecule is O=C(O)C1=CC(c2cccc(OCOC3CCCC3)c2)CC1. The summed E-state index contributed by atoms with van der Waals surface area (Å²) in [6.45, 7) is 0.287. The van der Waals surface area contributed by atoms with Crippen molar-refractivity contribution in [1.82, 2.24) is 0 Å². The van der Waals surface area contributed by atoms with E-state index in [9.17, 15) is 4.79 Å². The molecule has 4 nitrogen and oxygen atoms in total. The van der Waals surface area contributed by atoms with Gasteiger partial charge in [-0.05, 0) is 43.4 Å². The number of aliphatic carboxylic acids is 1. The lowest BCUT2D eigenvalue weighted by molar-refractivity contribution is -0.132. The fourth-order valence-electron chi connectivity index (χ4n) is 3.25. The summed E-state index contributed by atoms with van der Waals surface area (Å²) in [6.07, 6.45) is 8.46. The summed E-state index contributed by atoms with van der Waals surface area (Å²) in [5.41, 5.74) is 1.62. The molecular formula is C18H22O4. The molecule has 2 aliphatic carbocycles. The largest absolute Gasteiger partial charge is 0.478 e. The molecule has 1 fully saturated rings. The van der Waals surface area contributed by atoms with E-state index in [1.54, 1.807) is 0 Å². The Labute approximate surface area is 130 Å².